The summed E-state index contributed by atoms with van der Waals surface area (Å²) in [6.07, 6.45) is -1.24. The van der Waals surface area contributed by atoms with E-state index in [1.165, 1.54) is 24.3 Å². The monoisotopic (exact) mass is 431 g/mol. The summed E-state index contributed by atoms with van der Waals surface area (Å²) >= 11 is 0. The van der Waals surface area contributed by atoms with E-state index in [0.717, 1.165) is 11.6 Å². The highest BCUT2D eigenvalue weighted by Crippen LogP contribution is 2.44. The van der Waals surface area contributed by atoms with Gasteiger partial charge in [0.25, 0.3) is 0 Å². The summed E-state index contributed by atoms with van der Waals surface area (Å²) in [5.74, 6) is -3.44. The van der Waals surface area contributed by atoms with Crippen LogP contribution in [0.5, 0.6) is 5.75 Å². The van der Waals surface area contributed by atoms with Crippen LogP contribution in [0.4, 0.5) is 13.2 Å². The third kappa shape index (κ3) is 5.35. The Kier molecular flexibility index (Phi) is 6.55. The van der Waals surface area contributed by atoms with Crippen molar-refractivity contribution in [2.75, 3.05) is 0 Å². The first-order valence-electron chi connectivity index (χ1n) is 9.83. The Labute approximate surface area is 178 Å². The van der Waals surface area contributed by atoms with Crippen LogP contribution in [0.25, 0.3) is 0 Å². The fourth-order valence-electron chi connectivity index (χ4n) is 3.83. The van der Waals surface area contributed by atoms with Crippen LogP contribution in [0.15, 0.2) is 84.5 Å². The van der Waals surface area contributed by atoms with Crippen LogP contribution in [0.3, 0.4) is 0 Å². The summed E-state index contributed by atoms with van der Waals surface area (Å²) in [5.41, 5.74) is -0.552. The van der Waals surface area contributed by atoms with Crippen molar-refractivity contribution in [3.8, 4) is 5.75 Å². The van der Waals surface area contributed by atoms with Gasteiger partial charge in [0.1, 0.15) is 5.75 Å². The first kappa shape index (κ1) is 22.6. The standard InChI is InChI=1S/C24H23F3O4/c1-2-22(21(28)29,16-18-10-5-3-6-11-18)19-12-9-15-23(17-19,31-24(25,26)27)30-20-13-7-4-8-14-20/h3-15H,2,16-17H2,1H3,(H,28,29)/p-1. The number of ether oxygens (including phenoxy) is 2. The van der Waals surface area contributed by atoms with E-state index >= 15 is 0 Å². The Hall–Kier alpha value is -3.06. The van der Waals surface area contributed by atoms with E-state index in [0.29, 0.717) is 0 Å². The third-order valence-corrected chi connectivity index (χ3v) is 5.36. The van der Waals surface area contributed by atoms with Gasteiger partial charge in [-0.05, 0) is 36.6 Å². The van der Waals surface area contributed by atoms with E-state index in [1.54, 1.807) is 55.5 Å². The summed E-state index contributed by atoms with van der Waals surface area (Å²) < 4.78 is 50.0. The van der Waals surface area contributed by atoms with Crippen molar-refractivity contribution in [3.63, 3.8) is 0 Å². The minimum Gasteiger partial charge on any atom is -0.549 e. The summed E-state index contributed by atoms with van der Waals surface area (Å²) in [6.45, 7) is 1.67. The third-order valence-electron chi connectivity index (χ3n) is 5.36. The molecular formula is C24H22F3O4-. The highest BCUT2D eigenvalue weighted by Gasteiger charge is 2.48. The van der Waals surface area contributed by atoms with Gasteiger partial charge in [-0.15, -0.1) is 13.2 Å². The minimum absolute atomic E-state index is 0.0692. The van der Waals surface area contributed by atoms with Crippen molar-refractivity contribution in [1.29, 1.82) is 0 Å². The Morgan fingerprint density at radius 2 is 1.68 bits per heavy atom. The number of rotatable bonds is 8. The zero-order valence-corrected chi connectivity index (χ0v) is 16.9. The van der Waals surface area contributed by atoms with Crippen LogP contribution >= 0.6 is 0 Å². The molecule has 164 valence electrons. The zero-order chi connectivity index (χ0) is 22.5. The first-order valence-corrected chi connectivity index (χ1v) is 9.83. The first-order chi connectivity index (χ1) is 14.7. The van der Waals surface area contributed by atoms with E-state index in [2.05, 4.69) is 4.74 Å². The van der Waals surface area contributed by atoms with Crippen LogP contribution in [0.2, 0.25) is 0 Å². The van der Waals surface area contributed by atoms with Gasteiger partial charge in [-0.3, -0.25) is 0 Å². The Morgan fingerprint density at radius 3 is 2.23 bits per heavy atom. The van der Waals surface area contributed by atoms with Crippen LogP contribution in [0, 0.1) is 5.41 Å². The molecule has 0 N–H and O–H groups in total. The van der Waals surface area contributed by atoms with E-state index in [1.807, 2.05) is 0 Å². The number of carbonyl (C=O) groups is 1. The van der Waals surface area contributed by atoms with Gasteiger partial charge in [-0.25, -0.2) is 4.74 Å². The second kappa shape index (κ2) is 8.98. The lowest BCUT2D eigenvalue weighted by Crippen LogP contribution is -2.50. The molecule has 0 aliphatic heterocycles. The molecule has 31 heavy (non-hydrogen) atoms. The average molecular weight is 431 g/mol. The average Bonchev–Trinajstić information content (AvgIpc) is 2.72. The van der Waals surface area contributed by atoms with Gasteiger partial charge in [0.15, 0.2) is 0 Å². The van der Waals surface area contributed by atoms with E-state index in [9.17, 15) is 23.1 Å². The van der Waals surface area contributed by atoms with Gasteiger partial charge in [0, 0.05) is 11.8 Å². The quantitative estimate of drug-likeness (QED) is 0.575. The number of hydrogen-bond acceptors (Lipinski definition) is 4. The summed E-state index contributed by atoms with van der Waals surface area (Å²) in [5, 5.41) is 12.3. The minimum atomic E-state index is -5.00. The number of carboxylic acid groups (broad SMARTS) is 1. The van der Waals surface area contributed by atoms with E-state index in [4.69, 9.17) is 4.74 Å². The van der Waals surface area contributed by atoms with Crippen molar-refractivity contribution in [2.24, 2.45) is 5.41 Å². The molecule has 0 saturated heterocycles. The van der Waals surface area contributed by atoms with Crippen molar-refractivity contribution in [1.82, 2.24) is 0 Å². The maximum Gasteiger partial charge on any atom is 0.526 e. The molecule has 2 unspecified atom stereocenters. The fourth-order valence-corrected chi connectivity index (χ4v) is 3.83. The lowest BCUT2D eigenvalue weighted by Gasteiger charge is -2.42. The molecule has 1 aliphatic carbocycles. The number of para-hydroxylation sites is 1. The van der Waals surface area contributed by atoms with Gasteiger partial charge in [0.05, 0.1) is 5.97 Å². The molecule has 2 atom stereocenters. The molecule has 7 heteroatoms. The molecule has 0 bridgehead atoms. The molecule has 1 aliphatic rings. The molecule has 0 fully saturated rings. The normalized spacial score (nSPS) is 20.6. The van der Waals surface area contributed by atoms with Gasteiger partial charge in [0.2, 0.25) is 5.79 Å². The molecule has 0 radical (unpaired) electrons. The number of halogens is 3. The Bertz CT molecular complexity index is 954. The van der Waals surface area contributed by atoms with Crippen molar-refractivity contribution in [2.45, 2.75) is 38.3 Å². The molecular weight excluding hydrogens is 409 g/mol. The predicted octanol–water partition coefficient (Wildman–Crippen LogP) is 4.57. The molecule has 0 amide bonds. The van der Waals surface area contributed by atoms with Gasteiger partial charge < -0.3 is 14.6 Å². The van der Waals surface area contributed by atoms with Crippen LogP contribution in [0.1, 0.15) is 25.3 Å². The lowest BCUT2D eigenvalue weighted by atomic mass is 9.69. The van der Waals surface area contributed by atoms with Crippen LogP contribution in [-0.4, -0.2) is 18.1 Å². The number of allylic oxidation sites excluding steroid dienone is 2. The Morgan fingerprint density at radius 1 is 1.06 bits per heavy atom. The molecule has 2 aromatic carbocycles. The predicted molar refractivity (Wildman–Crippen MR) is 107 cm³/mol. The highest BCUT2D eigenvalue weighted by molar-refractivity contribution is 5.77. The van der Waals surface area contributed by atoms with Crippen LogP contribution < -0.4 is 9.84 Å². The number of carbonyl (C=O) groups excluding carboxylic acids is 1. The lowest BCUT2D eigenvalue weighted by molar-refractivity contribution is -0.390. The largest absolute Gasteiger partial charge is 0.549 e. The number of hydrogen-bond donors (Lipinski definition) is 0. The maximum atomic E-state index is 13.3. The van der Waals surface area contributed by atoms with Crippen LogP contribution in [-0.2, 0) is 16.0 Å². The molecule has 0 heterocycles. The smallest absolute Gasteiger partial charge is 0.526 e. The number of alkyl halides is 3. The molecule has 2 aromatic rings. The molecule has 3 rings (SSSR count). The molecule has 0 saturated carbocycles. The van der Waals surface area contributed by atoms with Gasteiger partial charge >= 0.3 is 6.36 Å². The van der Waals surface area contributed by atoms with Gasteiger partial charge in [-0.2, -0.15) is 0 Å². The SMILES string of the molecule is CCC(Cc1ccccc1)(C(=O)[O-])C1=CC=CC(Oc2ccccc2)(OC(F)(F)F)C1. The zero-order valence-electron chi connectivity index (χ0n) is 16.9. The summed E-state index contributed by atoms with van der Waals surface area (Å²) in [6, 6.07) is 16.8. The number of aliphatic carboxylic acids is 1. The topological polar surface area (TPSA) is 58.6 Å². The highest BCUT2D eigenvalue weighted by atomic mass is 19.4. The Balaban J connectivity index is 2.00. The second-order valence-corrected chi connectivity index (χ2v) is 7.39. The van der Waals surface area contributed by atoms with Crippen molar-refractivity contribution < 1.29 is 32.5 Å². The second-order valence-electron chi connectivity index (χ2n) is 7.39. The molecule has 4 nitrogen and oxygen atoms in total. The summed E-state index contributed by atoms with van der Waals surface area (Å²) in [7, 11) is 0. The number of carboxylic acids is 1. The maximum absolute atomic E-state index is 13.3. The van der Waals surface area contributed by atoms with Gasteiger partial charge in [-0.1, -0.05) is 73.2 Å². The van der Waals surface area contributed by atoms with Crippen molar-refractivity contribution in [3.05, 3.63) is 90.0 Å². The molecule has 0 aromatic heterocycles. The van der Waals surface area contributed by atoms with Crippen molar-refractivity contribution >= 4 is 5.97 Å². The van der Waals surface area contributed by atoms with E-state index < -0.39 is 30.0 Å². The number of benzene rings is 2. The van der Waals surface area contributed by atoms with E-state index in [-0.39, 0.29) is 24.2 Å². The summed E-state index contributed by atoms with van der Waals surface area (Å²) in [4.78, 5) is 12.3. The fraction of sp³-hybridized carbons (Fsp3) is 0.292. The molecule has 0 spiro atoms.